The molecule has 84 valence electrons. The average molecular weight is 223 g/mol. The van der Waals surface area contributed by atoms with Crippen LogP contribution in [0.2, 0.25) is 0 Å². The Labute approximate surface area is 97.4 Å². The van der Waals surface area contributed by atoms with Crippen molar-refractivity contribution in [3.05, 3.63) is 35.9 Å². The molecular weight excluding hydrogens is 202 g/mol. The van der Waals surface area contributed by atoms with Crippen LogP contribution in [0.15, 0.2) is 30.3 Å². The van der Waals surface area contributed by atoms with Crippen molar-refractivity contribution in [2.45, 2.75) is 31.3 Å². The van der Waals surface area contributed by atoms with Crippen molar-refractivity contribution in [2.24, 2.45) is 11.7 Å². The fraction of sp³-hybridized carbons (Fsp3) is 0.538. The largest absolute Gasteiger partial charge is 0.329 e. The summed E-state index contributed by atoms with van der Waals surface area (Å²) < 4.78 is 0. The first-order valence-electron chi connectivity index (χ1n) is 5.55. The Bertz CT molecular complexity index is 271. The van der Waals surface area contributed by atoms with Gasteiger partial charge in [-0.3, -0.25) is 0 Å². The molecule has 1 aromatic rings. The molecule has 0 saturated heterocycles. The molecule has 0 bridgehead atoms. The lowest BCUT2D eigenvalue weighted by Gasteiger charge is -2.22. The number of nitrogens with two attached hydrogens (primary N) is 1. The second kappa shape index (κ2) is 6.19. The lowest BCUT2D eigenvalue weighted by molar-refractivity contribution is 0.639. The average Bonchev–Trinajstić information content (AvgIpc) is 2.26. The number of rotatable bonds is 5. The van der Waals surface area contributed by atoms with Gasteiger partial charge in [-0.2, -0.15) is 0 Å². The van der Waals surface area contributed by atoms with Gasteiger partial charge in [-0.25, -0.2) is 0 Å². The second-order valence-corrected chi connectivity index (χ2v) is 5.81. The minimum atomic E-state index is 0.434. The second-order valence-electron chi connectivity index (χ2n) is 4.22. The standard InChI is InChI=1S/C13H21NS/c1-10(2)11(3)15-13(9-14)12-7-5-4-6-8-12/h4-8,10-11,13H,9,14H2,1-3H3. The van der Waals surface area contributed by atoms with Crippen LogP contribution in [-0.2, 0) is 0 Å². The van der Waals surface area contributed by atoms with Crippen molar-refractivity contribution >= 4 is 11.8 Å². The van der Waals surface area contributed by atoms with Crippen molar-refractivity contribution in [3.63, 3.8) is 0 Å². The zero-order chi connectivity index (χ0) is 11.3. The predicted octanol–water partition coefficient (Wildman–Crippen LogP) is 3.46. The third kappa shape index (κ3) is 3.88. The minimum Gasteiger partial charge on any atom is -0.329 e. The Morgan fingerprint density at radius 2 is 1.73 bits per heavy atom. The summed E-state index contributed by atoms with van der Waals surface area (Å²) >= 11 is 1.98. The Balaban J connectivity index is 2.65. The van der Waals surface area contributed by atoms with Gasteiger partial charge in [-0.1, -0.05) is 51.1 Å². The maximum absolute atomic E-state index is 5.83. The van der Waals surface area contributed by atoms with Gasteiger partial charge in [-0.05, 0) is 11.5 Å². The lowest BCUT2D eigenvalue weighted by Crippen LogP contribution is -2.15. The smallest absolute Gasteiger partial charge is 0.0422 e. The molecule has 2 unspecified atom stereocenters. The summed E-state index contributed by atoms with van der Waals surface area (Å²) in [5, 5.41) is 1.09. The molecule has 2 N–H and O–H groups in total. The number of thioether (sulfide) groups is 1. The summed E-state index contributed by atoms with van der Waals surface area (Å²) in [6.45, 7) is 7.51. The fourth-order valence-corrected chi connectivity index (χ4v) is 2.61. The monoisotopic (exact) mass is 223 g/mol. The molecule has 2 heteroatoms. The Hall–Kier alpha value is -0.470. The van der Waals surface area contributed by atoms with Crippen molar-refractivity contribution in [2.75, 3.05) is 6.54 Å². The van der Waals surface area contributed by atoms with Crippen LogP contribution in [-0.4, -0.2) is 11.8 Å². The first-order valence-corrected chi connectivity index (χ1v) is 6.50. The maximum atomic E-state index is 5.83. The zero-order valence-electron chi connectivity index (χ0n) is 9.81. The topological polar surface area (TPSA) is 26.0 Å². The molecule has 2 atom stereocenters. The highest BCUT2D eigenvalue weighted by atomic mass is 32.2. The van der Waals surface area contributed by atoms with E-state index in [2.05, 4.69) is 45.0 Å². The normalized spacial score (nSPS) is 15.3. The minimum absolute atomic E-state index is 0.434. The molecule has 0 saturated carbocycles. The van der Waals surface area contributed by atoms with E-state index >= 15 is 0 Å². The van der Waals surface area contributed by atoms with Gasteiger partial charge in [0.15, 0.2) is 0 Å². The van der Waals surface area contributed by atoms with E-state index in [9.17, 15) is 0 Å². The van der Waals surface area contributed by atoms with Gasteiger partial charge in [0.25, 0.3) is 0 Å². The number of benzene rings is 1. The van der Waals surface area contributed by atoms with E-state index in [0.29, 0.717) is 23.0 Å². The summed E-state index contributed by atoms with van der Waals surface area (Å²) in [5.41, 5.74) is 7.18. The van der Waals surface area contributed by atoms with Gasteiger partial charge in [0.2, 0.25) is 0 Å². The molecule has 0 aliphatic heterocycles. The SMILES string of the molecule is CC(C)C(C)SC(CN)c1ccccc1. The fourth-order valence-electron chi connectivity index (χ4n) is 1.35. The van der Waals surface area contributed by atoms with E-state index in [4.69, 9.17) is 5.73 Å². The first kappa shape index (κ1) is 12.6. The highest BCUT2D eigenvalue weighted by Crippen LogP contribution is 2.33. The van der Waals surface area contributed by atoms with Crippen LogP contribution in [0.4, 0.5) is 0 Å². The Morgan fingerprint density at radius 3 is 2.20 bits per heavy atom. The number of hydrogen-bond donors (Lipinski definition) is 1. The van der Waals surface area contributed by atoms with Crippen LogP contribution < -0.4 is 5.73 Å². The molecular formula is C13H21NS. The summed E-state index contributed by atoms with van der Waals surface area (Å²) in [5.74, 6) is 0.702. The van der Waals surface area contributed by atoms with E-state index in [1.165, 1.54) is 5.56 Å². The van der Waals surface area contributed by atoms with Crippen molar-refractivity contribution in [1.82, 2.24) is 0 Å². The molecule has 1 aromatic carbocycles. The summed E-state index contributed by atoms with van der Waals surface area (Å²) in [7, 11) is 0. The van der Waals surface area contributed by atoms with Crippen LogP contribution in [0.25, 0.3) is 0 Å². The first-order chi connectivity index (χ1) is 7.15. The van der Waals surface area contributed by atoms with Crippen LogP contribution in [0.3, 0.4) is 0 Å². The molecule has 0 spiro atoms. The van der Waals surface area contributed by atoms with Crippen molar-refractivity contribution in [1.29, 1.82) is 0 Å². The highest BCUT2D eigenvalue weighted by Gasteiger charge is 2.16. The Kier molecular flexibility index (Phi) is 5.20. The molecule has 0 radical (unpaired) electrons. The molecule has 0 heterocycles. The molecule has 0 aliphatic rings. The van der Waals surface area contributed by atoms with Gasteiger partial charge >= 0.3 is 0 Å². The van der Waals surface area contributed by atoms with Crippen LogP contribution in [0.5, 0.6) is 0 Å². The number of hydrogen-bond acceptors (Lipinski definition) is 2. The lowest BCUT2D eigenvalue weighted by atomic mass is 10.1. The van der Waals surface area contributed by atoms with Gasteiger partial charge in [-0.15, -0.1) is 11.8 Å². The van der Waals surface area contributed by atoms with Crippen LogP contribution in [0.1, 0.15) is 31.6 Å². The summed E-state index contributed by atoms with van der Waals surface area (Å²) in [4.78, 5) is 0. The van der Waals surface area contributed by atoms with E-state index in [-0.39, 0.29) is 0 Å². The molecule has 0 aromatic heterocycles. The summed E-state index contributed by atoms with van der Waals surface area (Å²) in [6.07, 6.45) is 0. The quantitative estimate of drug-likeness (QED) is 0.827. The van der Waals surface area contributed by atoms with Gasteiger partial charge < -0.3 is 5.73 Å². The molecule has 0 amide bonds. The van der Waals surface area contributed by atoms with E-state index in [1.54, 1.807) is 0 Å². The molecule has 0 aliphatic carbocycles. The molecule has 0 fully saturated rings. The third-order valence-corrected chi connectivity index (χ3v) is 4.47. The Morgan fingerprint density at radius 1 is 1.13 bits per heavy atom. The van der Waals surface area contributed by atoms with E-state index in [1.807, 2.05) is 17.8 Å². The van der Waals surface area contributed by atoms with E-state index < -0.39 is 0 Å². The highest BCUT2D eigenvalue weighted by molar-refractivity contribution is 8.00. The molecule has 15 heavy (non-hydrogen) atoms. The molecule has 1 nitrogen and oxygen atoms in total. The molecule has 1 rings (SSSR count). The van der Waals surface area contributed by atoms with Gasteiger partial charge in [0.05, 0.1) is 0 Å². The maximum Gasteiger partial charge on any atom is 0.0422 e. The van der Waals surface area contributed by atoms with Crippen molar-refractivity contribution in [3.8, 4) is 0 Å². The van der Waals surface area contributed by atoms with Crippen LogP contribution >= 0.6 is 11.8 Å². The predicted molar refractivity (Wildman–Crippen MR) is 70.1 cm³/mol. The van der Waals surface area contributed by atoms with Crippen LogP contribution in [0, 0.1) is 5.92 Å². The van der Waals surface area contributed by atoms with Gasteiger partial charge in [0, 0.05) is 17.0 Å². The van der Waals surface area contributed by atoms with E-state index in [0.717, 1.165) is 0 Å². The third-order valence-electron chi connectivity index (χ3n) is 2.70. The van der Waals surface area contributed by atoms with Crippen molar-refractivity contribution < 1.29 is 0 Å². The van der Waals surface area contributed by atoms with Gasteiger partial charge in [0.1, 0.15) is 0 Å². The zero-order valence-corrected chi connectivity index (χ0v) is 10.6. The summed E-state index contributed by atoms with van der Waals surface area (Å²) in [6, 6.07) is 10.5.